The van der Waals surface area contributed by atoms with Crippen LogP contribution in [0.4, 0.5) is 0 Å². The van der Waals surface area contributed by atoms with Gasteiger partial charge in [0.25, 0.3) is 0 Å². The number of benzene rings is 1. The molecule has 0 fully saturated rings. The van der Waals surface area contributed by atoms with Crippen LogP contribution in [-0.2, 0) is 19.1 Å². The van der Waals surface area contributed by atoms with Gasteiger partial charge in [0.2, 0.25) is 0 Å². The Morgan fingerprint density at radius 1 is 1.22 bits per heavy atom. The van der Waals surface area contributed by atoms with Crippen molar-refractivity contribution in [2.24, 2.45) is 5.73 Å². The van der Waals surface area contributed by atoms with Gasteiger partial charge in [-0.05, 0) is 25.0 Å². The number of hydrogen-bond donors (Lipinski definition) is 3. The van der Waals surface area contributed by atoms with Crippen molar-refractivity contribution in [3.05, 3.63) is 34.9 Å². The second-order valence-corrected chi connectivity index (χ2v) is 4.57. The molecule has 0 aliphatic rings. The number of ether oxygens (including phenoxy) is 1. The Labute approximate surface area is 132 Å². The van der Waals surface area contributed by atoms with Gasteiger partial charge >= 0.3 is 17.9 Å². The second-order valence-electron chi connectivity index (χ2n) is 4.57. The SMILES string of the molecule is Cc1cccc(C)c1C(=O)OCC=O.NC(CC(=O)O)C(=O)O. The predicted molar refractivity (Wildman–Crippen MR) is 80.1 cm³/mol. The fraction of sp³-hybridized carbons (Fsp3) is 0.333. The van der Waals surface area contributed by atoms with E-state index in [1.807, 2.05) is 32.0 Å². The van der Waals surface area contributed by atoms with Crippen molar-refractivity contribution in [3.63, 3.8) is 0 Å². The Morgan fingerprint density at radius 2 is 1.74 bits per heavy atom. The summed E-state index contributed by atoms with van der Waals surface area (Å²) in [5.41, 5.74) is 7.11. The average Bonchev–Trinajstić information content (AvgIpc) is 2.44. The molecule has 1 aromatic carbocycles. The molecular formula is C15H19NO7. The molecule has 1 rings (SSSR count). The fourth-order valence-corrected chi connectivity index (χ4v) is 1.59. The lowest BCUT2D eigenvalue weighted by molar-refractivity contribution is -0.144. The van der Waals surface area contributed by atoms with Crippen LogP contribution in [0.5, 0.6) is 0 Å². The van der Waals surface area contributed by atoms with Crippen molar-refractivity contribution in [1.29, 1.82) is 0 Å². The quantitative estimate of drug-likeness (QED) is 0.507. The first kappa shape index (κ1) is 20.3. The lowest BCUT2D eigenvalue weighted by atomic mass is 10.0. The Hall–Kier alpha value is -2.74. The van der Waals surface area contributed by atoms with Gasteiger partial charge in [0.1, 0.15) is 12.6 Å². The van der Waals surface area contributed by atoms with Gasteiger partial charge in [0.05, 0.1) is 12.0 Å². The maximum Gasteiger partial charge on any atom is 0.339 e. The molecular weight excluding hydrogens is 306 g/mol. The molecule has 0 saturated heterocycles. The summed E-state index contributed by atoms with van der Waals surface area (Å²) < 4.78 is 4.73. The number of aldehydes is 1. The van der Waals surface area contributed by atoms with Gasteiger partial charge in [-0.25, -0.2) is 4.79 Å². The highest BCUT2D eigenvalue weighted by molar-refractivity contribution is 5.93. The minimum atomic E-state index is -1.29. The molecule has 4 N–H and O–H groups in total. The van der Waals surface area contributed by atoms with E-state index < -0.39 is 30.4 Å². The Kier molecular flexibility index (Phi) is 8.87. The first-order chi connectivity index (χ1) is 10.7. The van der Waals surface area contributed by atoms with Gasteiger partial charge in [-0.1, -0.05) is 18.2 Å². The first-order valence-electron chi connectivity index (χ1n) is 6.57. The number of aryl methyl sites for hydroxylation is 2. The highest BCUT2D eigenvalue weighted by atomic mass is 16.5. The summed E-state index contributed by atoms with van der Waals surface area (Å²) >= 11 is 0. The third-order valence-electron chi connectivity index (χ3n) is 2.68. The number of carboxylic acids is 2. The van der Waals surface area contributed by atoms with E-state index in [2.05, 4.69) is 0 Å². The molecule has 8 heteroatoms. The first-order valence-corrected chi connectivity index (χ1v) is 6.57. The molecule has 1 atom stereocenters. The van der Waals surface area contributed by atoms with Crippen molar-refractivity contribution in [1.82, 2.24) is 0 Å². The van der Waals surface area contributed by atoms with E-state index >= 15 is 0 Å². The van der Waals surface area contributed by atoms with Crippen molar-refractivity contribution >= 4 is 24.2 Å². The van der Waals surface area contributed by atoms with E-state index in [0.717, 1.165) is 11.1 Å². The number of rotatable bonds is 6. The topological polar surface area (TPSA) is 144 Å². The van der Waals surface area contributed by atoms with Crippen molar-refractivity contribution in [2.45, 2.75) is 26.3 Å². The van der Waals surface area contributed by atoms with Crippen LogP contribution in [0.1, 0.15) is 27.9 Å². The summed E-state index contributed by atoms with van der Waals surface area (Å²) in [5, 5.41) is 16.0. The molecule has 0 spiro atoms. The molecule has 8 nitrogen and oxygen atoms in total. The van der Waals surface area contributed by atoms with Gasteiger partial charge < -0.3 is 20.7 Å². The molecule has 0 heterocycles. The fourth-order valence-electron chi connectivity index (χ4n) is 1.59. The standard InChI is InChI=1S/C11H12O3.C4H7NO4/c1-8-4-3-5-9(2)10(8)11(13)14-7-6-12;5-2(4(8)9)1-3(6)7/h3-6H,7H2,1-2H3;2H,1,5H2,(H,6,7)(H,8,9). The molecule has 0 amide bonds. The van der Waals surface area contributed by atoms with E-state index in [4.69, 9.17) is 20.7 Å². The maximum absolute atomic E-state index is 11.5. The molecule has 1 aromatic rings. The average molecular weight is 325 g/mol. The van der Waals surface area contributed by atoms with E-state index in [1.54, 1.807) is 0 Å². The third kappa shape index (κ3) is 7.72. The molecule has 0 radical (unpaired) electrons. The highest BCUT2D eigenvalue weighted by Crippen LogP contribution is 2.14. The summed E-state index contributed by atoms with van der Waals surface area (Å²) in [7, 11) is 0. The molecule has 126 valence electrons. The van der Waals surface area contributed by atoms with Crippen molar-refractivity contribution in [3.8, 4) is 0 Å². The Morgan fingerprint density at radius 3 is 2.09 bits per heavy atom. The molecule has 0 aliphatic carbocycles. The normalized spacial score (nSPS) is 10.7. The van der Waals surface area contributed by atoms with E-state index in [1.165, 1.54) is 0 Å². The van der Waals surface area contributed by atoms with Crippen molar-refractivity contribution < 1.29 is 34.1 Å². The molecule has 0 aliphatic heterocycles. The second kappa shape index (κ2) is 10.1. The van der Waals surface area contributed by atoms with Crippen LogP contribution in [-0.4, -0.2) is 47.1 Å². The number of esters is 1. The van der Waals surface area contributed by atoms with Crippen LogP contribution in [0.2, 0.25) is 0 Å². The summed E-state index contributed by atoms with van der Waals surface area (Å²) in [5.74, 6) is -2.94. The number of nitrogens with two attached hydrogens (primary N) is 1. The summed E-state index contributed by atoms with van der Waals surface area (Å²) in [4.78, 5) is 41.1. The highest BCUT2D eigenvalue weighted by Gasteiger charge is 2.14. The van der Waals surface area contributed by atoms with Crippen LogP contribution >= 0.6 is 0 Å². The summed E-state index contributed by atoms with van der Waals surface area (Å²) in [6, 6.07) is 4.26. The molecule has 0 bridgehead atoms. The maximum atomic E-state index is 11.5. The number of carboxylic acid groups (broad SMARTS) is 2. The number of carbonyl (C=O) groups is 4. The van der Waals surface area contributed by atoms with Gasteiger partial charge in [-0.2, -0.15) is 0 Å². The molecule has 1 unspecified atom stereocenters. The van der Waals surface area contributed by atoms with E-state index in [0.29, 0.717) is 11.8 Å². The van der Waals surface area contributed by atoms with Crippen LogP contribution in [0, 0.1) is 13.8 Å². The zero-order valence-electron chi connectivity index (χ0n) is 12.8. The Balaban J connectivity index is 0.000000468. The zero-order valence-corrected chi connectivity index (χ0v) is 12.8. The largest absolute Gasteiger partial charge is 0.481 e. The van der Waals surface area contributed by atoms with Gasteiger partial charge in [0, 0.05) is 0 Å². The molecule has 0 aromatic heterocycles. The monoisotopic (exact) mass is 325 g/mol. The summed E-state index contributed by atoms with van der Waals surface area (Å²) in [6.45, 7) is 3.49. The van der Waals surface area contributed by atoms with Gasteiger partial charge in [0.15, 0.2) is 6.29 Å². The number of carbonyl (C=O) groups excluding carboxylic acids is 2. The lowest BCUT2D eigenvalue weighted by Gasteiger charge is -2.07. The van der Waals surface area contributed by atoms with Crippen LogP contribution < -0.4 is 5.73 Å². The van der Waals surface area contributed by atoms with Crippen LogP contribution in [0.25, 0.3) is 0 Å². The minimum absolute atomic E-state index is 0.188. The van der Waals surface area contributed by atoms with E-state index in [9.17, 15) is 19.2 Å². The smallest absolute Gasteiger partial charge is 0.339 e. The van der Waals surface area contributed by atoms with Crippen LogP contribution in [0.15, 0.2) is 18.2 Å². The molecule has 0 saturated carbocycles. The predicted octanol–water partition coefficient (Wildman–Crippen LogP) is 0.532. The van der Waals surface area contributed by atoms with Crippen molar-refractivity contribution in [2.75, 3.05) is 6.61 Å². The minimum Gasteiger partial charge on any atom is -0.481 e. The van der Waals surface area contributed by atoms with Gasteiger partial charge in [-0.3, -0.25) is 14.4 Å². The third-order valence-corrected chi connectivity index (χ3v) is 2.68. The number of aliphatic carboxylic acids is 2. The Bertz CT molecular complexity index is 563. The van der Waals surface area contributed by atoms with Crippen LogP contribution in [0.3, 0.4) is 0 Å². The zero-order chi connectivity index (χ0) is 18.0. The van der Waals surface area contributed by atoms with E-state index in [-0.39, 0.29) is 6.61 Å². The molecule has 23 heavy (non-hydrogen) atoms. The lowest BCUT2D eigenvalue weighted by Crippen LogP contribution is -2.32. The number of hydrogen-bond acceptors (Lipinski definition) is 6. The summed E-state index contributed by atoms with van der Waals surface area (Å²) in [6.07, 6.45) is 0.0286. The van der Waals surface area contributed by atoms with Gasteiger partial charge in [-0.15, -0.1) is 0 Å².